The van der Waals surface area contributed by atoms with Crippen molar-refractivity contribution >= 4 is 0 Å². The predicted molar refractivity (Wildman–Crippen MR) is 120 cm³/mol. The molecule has 2 nitrogen and oxygen atoms in total. The summed E-state index contributed by atoms with van der Waals surface area (Å²) in [7, 11) is 4.40. The highest BCUT2D eigenvalue weighted by Gasteiger charge is 2.05. The summed E-state index contributed by atoms with van der Waals surface area (Å²) >= 11 is 0. The summed E-state index contributed by atoms with van der Waals surface area (Å²) < 4.78 is 0. The zero-order valence-electron chi connectivity index (χ0n) is 19.0. The lowest BCUT2D eigenvalue weighted by atomic mass is 10.1. The number of nitrogens with zero attached hydrogens (tertiary/aromatic N) is 2. The molecule has 0 aromatic rings. The second-order valence-electron chi connectivity index (χ2n) is 8.59. The van der Waals surface area contributed by atoms with Gasteiger partial charge >= 0.3 is 0 Å². The van der Waals surface area contributed by atoms with Crippen LogP contribution in [0.3, 0.4) is 0 Å². The molecule has 2 heteroatoms. The van der Waals surface area contributed by atoms with Crippen LogP contribution < -0.4 is 0 Å². The summed E-state index contributed by atoms with van der Waals surface area (Å²) in [4.78, 5) is 5.06. The molecular weight excluding hydrogens is 316 g/mol. The number of rotatable bonds is 21. The molecule has 0 amide bonds. The van der Waals surface area contributed by atoms with Crippen LogP contribution in [0.5, 0.6) is 0 Å². The molecule has 0 fully saturated rings. The van der Waals surface area contributed by atoms with E-state index in [1.807, 2.05) is 0 Å². The van der Waals surface area contributed by atoms with Gasteiger partial charge in [0.25, 0.3) is 0 Å². The van der Waals surface area contributed by atoms with Gasteiger partial charge in [0, 0.05) is 13.1 Å². The van der Waals surface area contributed by atoms with E-state index in [0.29, 0.717) is 0 Å². The van der Waals surface area contributed by atoms with Gasteiger partial charge in [-0.3, -0.25) is 0 Å². The maximum atomic E-state index is 2.73. The van der Waals surface area contributed by atoms with E-state index < -0.39 is 0 Å². The van der Waals surface area contributed by atoms with Gasteiger partial charge in [-0.15, -0.1) is 0 Å². The van der Waals surface area contributed by atoms with Crippen molar-refractivity contribution in [3.05, 3.63) is 0 Å². The molecule has 0 aromatic heterocycles. The highest BCUT2D eigenvalue weighted by atomic mass is 15.2. The van der Waals surface area contributed by atoms with Crippen LogP contribution in [0.4, 0.5) is 0 Å². The molecule has 0 saturated carbocycles. The molecule has 0 atom stereocenters. The molecule has 0 aliphatic carbocycles. The lowest BCUT2D eigenvalue weighted by Crippen LogP contribution is -2.33. The fraction of sp³-hybridized carbons (Fsp3) is 1.00. The van der Waals surface area contributed by atoms with E-state index in [1.165, 1.54) is 129 Å². The first-order valence-electron chi connectivity index (χ1n) is 12.1. The lowest BCUT2D eigenvalue weighted by molar-refractivity contribution is 0.231. The number of likely N-dealkylation sites (N-methyl/N-ethyl adjacent to an activating group) is 1. The molecule has 158 valence electrons. The van der Waals surface area contributed by atoms with Crippen LogP contribution in [0.15, 0.2) is 0 Å². The minimum absolute atomic E-state index is 1.20. The highest BCUT2D eigenvalue weighted by molar-refractivity contribution is 4.61. The Bertz CT molecular complexity index is 233. The molecule has 0 bridgehead atoms. The second kappa shape index (κ2) is 21.2. The maximum Gasteiger partial charge on any atom is 0.0109 e. The molecule has 0 radical (unpaired) electrons. The Morgan fingerprint density at radius 1 is 0.385 bits per heavy atom. The van der Waals surface area contributed by atoms with Crippen LogP contribution in [-0.2, 0) is 0 Å². The Labute approximate surface area is 167 Å². The van der Waals surface area contributed by atoms with Crippen molar-refractivity contribution in [1.29, 1.82) is 0 Å². The van der Waals surface area contributed by atoms with Crippen LogP contribution in [-0.4, -0.2) is 50.1 Å². The van der Waals surface area contributed by atoms with Crippen molar-refractivity contribution in [3.8, 4) is 0 Å². The maximum absolute atomic E-state index is 2.73. The fourth-order valence-electron chi connectivity index (χ4n) is 3.62. The second-order valence-corrected chi connectivity index (χ2v) is 8.59. The van der Waals surface area contributed by atoms with Gasteiger partial charge in [-0.05, 0) is 40.0 Å². The highest BCUT2D eigenvalue weighted by Crippen LogP contribution is 2.11. The standard InChI is InChI=1S/C24H52N2/c1-5-7-9-11-13-15-17-19-21-26(24-23-25(3)4)22-20-18-16-14-12-10-8-6-2/h5-24H2,1-4H3. The molecule has 0 saturated heterocycles. The third-order valence-corrected chi connectivity index (χ3v) is 5.52. The van der Waals surface area contributed by atoms with E-state index in [2.05, 4.69) is 37.7 Å². The average molecular weight is 369 g/mol. The Morgan fingerprint density at radius 3 is 1.08 bits per heavy atom. The van der Waals surface area contributed by atoms with E-state index in [1.54, 1.807) is 0 Å². The van der Waals surface area contributed by atoms with Crippen molar-refractivity contribution in [2.24, 2.45) is 0 Å². The zero-order valence-corrected chi connectivity index (χ0v) is 19.0. The fourth-order valence-corrected chi connectivity index (χ4v) is 3.62. The largest absolute Gasteiger partial charge is 0.308 e. The van der Waals surface area contributed by atoms with Crippen molar-refractivity contribution < 1.29 is 0 Å². The SMILES string of the molecule is CCCCCCCCCCN(CCCCCCCCCC)CCN(C)C. The summed E-state index contributed by atoms with van der Waals surface area (Å²) in [5, 5.41) is 0. The molecule has 0 unspecified atom stereocenters. The van der Waals surface area contributed by atoms with Gasteiger partial charge in [0.2, 0.25) is 0 Å². The van der Waals surface area contributed by atoms with Crippen LogP contribution >= 0.6 is 0 Å². The Balaban J connectivity index is 3.67. The molecule has 0 heterocycles. The van der Waals surface area contributed by atoms with Gasteiger partial charge in [0.05, 0.1) is 0 Å². The Kier molecular flexibility index (Phi) is 21.2. The number of unbranched alkanes of at least 4 members (excludes halogenated alkanes) is 14. The smallest absolute Gasteiger partial charge is 0.0109 e. The van der Waals surface area contributed by atoms with E-state index in [0.717, 1.165) is 0 Å². The van der Waals surface area contributed by atoms with Crippen LogP contribution in [0.1, 0.15) is 117 Å². The van der Waals surface area contributed by atoms with Gasteiger partial charge in [-0.25, -0.2) is 0 Å². The van der Waals surface area contributed by atoms with Gasteiger partial charge in [-0.1, -0.05) is 104 Å². The quantitative estimate of drug-likeness (QED) is 0.199. The summed E-state index contributed by atoms with van der Waals surface area (Å²) in [6.07, 6.45) is 22.9. The topological polar surface area (TPSA) is 6.48 Å². The van der Waals surface area contributed by atoms with Gasteiger partial charge in [0.15, 0.2) is 0 Å². The Hall–Kier alpha value is -0.0800. The monoisotopic (exact) mass is 368 g/mol. The van der Waals surface area contributed by atoms with Gasteiger partial charge in [-0.2, -0.15) is 0 Å². The molecule has 0 spiro atoms. The first-order valence-corrected chi connectivity index (χ1v) is 12.1. The lowest BCUT2D eigenvalue weighted by Gasteiger charge is -2.24. The van der Waals surface area contributed by atoms with E-state index in [9.17, 15) is 0 Å². The Morgan fingerprint density at radius 2 is 0.731 bits per heavy atom. The molecule has 0 N–H and O–H groups in total. The third-order valence-electron chi connectivity index (χ3n) is 5.52. The first-order chi connectivity index (χ1) is 12.7. The van der Waals surface area contributed by atoms with E-state index in [-0.39, 0.29) is 0 Å². The third kappa shape index (κ3) is 20.2. The van der Waals surface area contributed by atoms with Crippen molar-refractivity contribution in [2.75, 3.05) is 40.3 Å². The van der Waals surface area contributed by atoms with Crippen LogP contribution in [0, 0.1) is 0 Å². The van der Waals surface area contributed by atoms with Crippen LogP contribution in [0.25, 0.3) is 0 Å². The van der Waals surface area contributed by atoms with Gasteiger partial charge < -0.3 is 9.80 Å². The molecule has 0 rings (SSSR count). The van der Waals surface area contributed by atoms with Crippen LogP contribution in [0.2, 0.25) is 0 Å². The van der Waals surface area contributed by atoms with E-state index >= 15 is 0 Å². The minimum Gasteiger partial charge on any atom is -0.308 e. The zero-order chi connectivity index (χ0) is 19.3. The molecule has 26 heavy (non-hydrogen) atoms. The molecular formula is C24H52N2. The predicted octanol–water partition coefficient (Wildman–Crippen LogP) is 7.13. The summed E-state index contributed by atoms with van der Waals surface area (Å²) in [5.41, 5.74) is 0. The average Bonchev–Trinajstić information content (AvgIpc) is 2.63. The van der Waals surface area contributed by atoms with Crippen molar-refractivity contribution in [1.82, 2.24) is 9.80 Å². The molecule has 0 aliphatic heterocycles. The van der Waals surface area contributed by atoms with Gasteiger partial charge in [0.1, 0.15) is 0 Å². The molecule has 0 aromatic carbocycles. The van der Waals surface area contributed by atoms with Crippen molar-refractivity contribution in [3.63, 3.8) is 0 Å². The van der Waals surface area contributed by atoms with Crippen molar-refractivity contribution in [2.45, 2.75) is 117 Å². The van der Waals surface area contributed by atoms with E-state index in [4.69, 9.17) is 0 Å². The first kappa shape index (κ1) is 25.9. The normalized spacial score (nSPS) is 11.8. The summed E-state index contributed by atoms with van der Waals surface area (Å²) in [5.74, 6) is 0. The number of hydrogen-bond donors (Lipinski definition) is 0. The summed E-state index contributed by atoms with van der Waals surface area (Å²) in [6, 6.07) is 0. The molecule has 0 aliphatic rings. The summed E-state index contributed by atoms with van der Waals surface area (Å²) in [6.45, 7) is 9.69. The number of hydrogen-bond acceptors (Lipinski definition) is 2. The minimum atomic E-state index is 1.20.